The van der Waals surface area contributed by atoms with E-state index in [1.807, 2.05) is 24.3 Å². The number of nitrogens with zero attached hydrogens (tertiary/aromatic N) is 1. The number of carbonyl (C=O) groups excluding carboxylic acids is 3. The summed E-state index contributed by atoms with van der Waals surface area (Å²) in [5.74, 6) is -0.939. The molecule has 1 aliphatic carbocycles. The average Bonchev–Trinajstić information content (AvgIpc) is 2.90. The lowest BCUT2D eigenvalue weighted by Crippen LogP contribution is -2.47. The molecule has 1 spiro atoms. The van der Waals surface area contributed by atoms with Gasteiger partial charge in [0.2, 0.25) is 5.91 Å². The maximum atomic E-state index is 13.2. The number of carbonyl (C=O) groups is 3. The number of hydrogen-bond donors (Lipinski definition) is 2. The molecule has 4 rings (SSSR count). The first kappa shape index (κ1) is 18.8. The summed E-state index contributed by atoms with van der Waals surface area (Å²) in [5, 5.41) is 6.15. The normalized spacial score (nSPS) is 20.9. The van der Waals surface area contributed by atoms with Gasteiger partial charge in [-0.1, -0.05) is 47.5 Å². The molecule has 4 amide bonds. The minimum absolute atomic E-state index is 0.313. The number of nitrogens with one attached hydrogen (secondary N) is 2. The molecule has 8 heteroatoms. The van der Waals surface area contributed by atoms with Crippen LogP contribution in [0.25, 0.3) is 0 Å². The van der Waals surface area contributed by atoms with Gasteiger partial charge in [-0.05, 0) is 48.6 Å². The second kappa shape index (κ2) is 7.11. The number of hydrogen-bond acceptors (Lipinski definition) is 3. The van der Waals surface area contributed by atoms with Crippen LogP contribution in [0.2, 0.25) is 10.0 Å². The van der Waals surface area contributed by atoms with Crippen molar-refractivity contribution in [2.75, 3.05) is 11.9 Å². The van der Waals surface area contributed by atoms with Crippen molar-refractivity contribution < 1.29 is 14.4 Å². The molecule has 1 unspecified atom stereocenters. The molecule has 6 nitrogen and oxygen atoms in total. The highest BCUT2D eigenvalue weighted by Crippen LogP contribution is 2.39. The second-order valence-electron chi connectivity index (χ2n) is 6.91. The van der Waals surface area contributed by atoms with E-state index in [9.17, 15) is 14.4 Å². The lowest BCUT2D eigenvalue weighted by Gasteiger charge is -2.33. The van der Waals surface area contributed by atoms with Crippen molar-refractivity contribution >= 4 is 46.7 Å². The standard InChI is InChI=1S/C20H17Cl2N3O3/c21-13-7-8-15(22)16(10-13)23-17(26)11-25-18(27)20(24-19(25)28)9-3-5-12-4-1-2-6-14(12)20/h1-2,4,6-8,10H,3,5,9,11H2,(H,23,26)(H,24,28). The van der Waals surface area contributed by atoms with Crippen molar-refractivity contribution in [1.29, 1.82) is 0 Å². The molecule has 0 aromatic heterocycles. The van der Waals surface area contributed by atoms with E-state index in [-0.39, 0.29) is 0 Å². The fraction of sp³-hybridized carbons (Fsp3) is 0.250. The molecule has 2 aliphatic rings. The number of urea groups is 1. The molecule has 1 atom stereocenters. The van der Waals surface area contributed by atoms with E-state index in [0.717, 1.165) is 28.9 Å². The van der Waals surface area contributed by atoms with Crippen molar-refractivity contribution in [3.63, 3.8) is 0 Å². The molecular weight excluding hydrogens is 401 g/mol. The molecule has 2 aromatic rings. The van der Waals surface area contributed by atoms with Gasteiger partial charge >= 0.3 is 6.03 Å². The van der Waals surface area contributed by atoms with Crippen LogP contribution in [-0.4, -0.2) is 29.3 Å². The van der Waals surface area contributed by atoms with E-state index in [0.29, 0.717) is 22.2 Å². The maximum Gasteiger partial charge on any atom is 0.325 e. The SMILES string of the molecule is O=C(CN1C(=O)NC2(CCCc3ccccc32)C1=O)Nc1cc(Cl)ccc1Cl. The Balaban J connectivity index is 1.56. The number of amides is 4. The Labute approximate surface area is 171 Å². The molecule has 0 radical (unpaired) electrons. The smallest absolute Gasteiger partial charge is 0.323 e. The Morgan fingerprint density at radius 1 is 1.18 bits per heavy atom. The molecule has 1 aliphatic heterocycles. The third kappa shape index (κ3) is 3.12. The summed E-state index contributed by atoms with van der Waals surface area (Å²) >= 11 is 12.0. The number of rotatable bonds is 3. The summed E-state index contributed by atoms with van der Waals surface area (Å²) < 4.78 is 0. The molecule has 2 aromatic carbocycles. The van der Waals surface area contributed by atoms with Crippen molar-refractivity contribution in [3.8, 4) is 0 Å². The summed E-state index contributed by atoms with van der Waals surface area (Å²) in [7, 11) is 0. The molecule has 1 heterocycles. The number of anilines is 1. The number of aryl methyl sites for hydroxylation is 1. The highest BCUT2D eigenvalue weighted by atomic mass is 35.5. The van der Waals surface area contributed by atoms with Gasteiger partial charge in [0.1, 0.15) is 12.1 Å². The number of imide groups is 1. The van der Waals surface area contributed by atoms with Crippen molar-refractivity contribution in [3.05, 3.63) is 63.6 Å². The van der Waals surface area contributed by atoms with Crippen LogP contribution in [0.15, 0.2) is 42.5 Å². The average molecular weight is 418 g/mol. The van der Waals surface area contributed by atoms with Gasteiger partial charge in [-0.2, -0.15) is 0 Å². The van der Waals surface area contributed by atoms with E-state index >= 15 is 0 Å². The van der Waals surface area contributed by atoms with Gasteiger partial charge < -0.3 is 10.6 Å². The van der Waals surface area contributed by atoms with E-state index in [1.165, 1.54) is 6.07 Å². The molecule has 2 N–H and O–H groups in total. The van der Waals surface area contributed by atoms with Gasteiger partial charge in [-0.3, -0.25) is 14.5 Å². The number of benzene rings is 2. The zero-order valence-electron chi connectivity index (χ0n) is 14.8. The van der Waals surface area contributed by atoms with Crippen LogP contribution in [0.1, 0.15) is 24.0 Å². The molecule has 144 valence electrons. The summed E-state index contributed by atoms with van der Waals surface area (Å²) in [5.41, 5.74) is 1.07. The fourth-order valence-corrected chi connectivity index (χ4v) is 4.22. The summed E-state index contributed by atoms with van der Waals surface area (Å²) in [6.45, 7) is -0.405. The lowest BCUT2D eigenvalue weighted by atomic mass is 9.76. The Morgan fingerprint density at radius 2 is 1.96 bits per heavy atom. The highest BCUT2D eigenvalue weighted by Gasteiger charge is 2.54. The van der Waals surface area contributed by atoms with Gasteiger partial charge in [-0.15, -0.1) is 0 Å². The van der Waals surface area contributed by atoms with Crippen LogP contribution in [0.4, 0.5) is 10.5 Å². The Bertz CT molecular complexity index is 994. The van der Waals surface area contributed by atoms with Crippen molar-refractivity contribution in [1.82, 2.24) is 10.2 Å². The third-order valence-corrected chi connectivity index (χ3v) is 5.72. The zero-order chi connectivity index (χ0) is 19.9. The van der Waals surface area contributed by atoms with Crippen LogP contribution in [0.3, 0.4) is 0 Å². The first-order chi connectivity index (χ1) is 13.4. The van der Waals surface area contributed by atoms with Crippen LogP contribution < -0.4 is 10.6 Å². The summed E-state index contributed by atoms with van der Waals surface area (Å²) in [6.07, 6.45) is 2.14. The molecular formula is C20H17Cl2N3O3. The predicted octanol–water partition coefficient (Wildman–Crippen LogP) is 3.72. The Kier molecular flexibility index (Phi) is 4.77. The largest absolute Gasteiger partial charge is 0.325 e. The molecule has 1 saturated heterocycles. The van der Waals surface area contributed by atoms with Gasteiger partial charge in [-0.25, -0.2) is 4.79 Å². The van der Waals surface area contributed by atoms with Crippen molar-refractivity contribution in [2.24, 2.45) is 0 Å². The predicted molar refractivity (Wildman–Crippen MR) is 106 cm³/mol. The highest BCUT2D eigenvalue weighted by molar-refractivity contribution is 6.35. The topological polar surface area (TPSA) is 78.5 Å². The van der Waals surface area contributed by atoms with Crippen LogP contribution >= 0.6 is 23.2 Å². The summed E-state index contributed by atoms with van der Waals surface area (Å²) in [4.78, 5) is 39.1. The van der Waals surface area contributed by atoms with Gasteiger partial charge in [0, 0.05) is 5.02 Å². The number of halogens is 2. The zero-order valence-corrected chi connectivity index (χ0v) is 16.3. The molecule has 1 fully saturated rings. The quantitative estimate of drug-likeness (QED) is 0.746. The van der Waals surface area contributed by atoms with E-state index in [2.05, 4.69) is 10.6 Å². The fourth-order valence-electron chi connectivity index (χ4n) is 3.88. The van der Waals surface area contributed by atoms with Gasteiger partial charge in [0.25, 0.3) is 5.91 Å². The van der Waals surface area contributed by atoms with Crippen LogP contribution in [0, 0.1) is 0 Å². The van der Waals surface area contributed by atoms with E-state index in [1.54, 1.807) is 12.1 Å². The Morgan fingerprint density at radius 3 is 2.79 bits per heavy atom. The first-order valence-corrected chi connectivity index (χ1v) is 9.64. The van der Waals surface area contributed by atoms with Crippen molar-refractivity contribution in [2.45, 2.75) is 24.8 Å². The van der Waals surface area contributed by atoms with Crippen LogP contribution in [0.5, 0.6) is 0 Å². The molecule has 28 heavy (non-hydrogen) atoms. The molecule has 0 saturated carbocycles. The van der Waals surface area contributed by atoms with Gasteiger partial charge in [0.05, 0.1) is 10.7 Å². The summed E-state index contributed by atoms with van der Waals surface area (Å²) in [6, 6.07) is 11.7. The molecule has 0 bridgehead atoms. The van der Waals surface area contributed by atoms with E-state index in [4.69, 9.17) is 23.2 Å². The minimum atomic E-state index is -1.10. The first-order valence-electron chi connectivity index (χ1n) is 8.88. The third-order valence-electron chi connectivity index (χ3n) is 5.15. The Hall–Kier alpha value is -2.57. The van der Waals surface area contributed by atoms with Gasteiger partial charge in [0.15, 0.2) is 0 Å². The van der Waals surface area contributed by atoms with E-state index < -0.39 is 29.9 Å². The van der Waals surface area contributed by atoms with Crippen LogP contribution in [-0.2, 0) is 21.5 Å². The monoisotopic (exact) mass is 417 g/mol. The number of fused-ring (bicyclic) bond motifs is 2. The maximum absolute atomic E-state index is 13.2. The minimum Gasteiger partial charge on any atom is -0.323 e. The second-order valence-corrected chi connectivity index (χ2v) is 7.75. The lowest BCUT2D eigenvalue weighted by molar-refractivity contribution is -0.134.